The van der Waals surface area contributed by atoms with Crippen LogP contribution in [-0.4, -0.2) is 14.8 Å². The SMILES string of the molecule is NCc1ccc(Sc2nnc3n2CCCCC3)c(F)c1Br. The topological polar surface area (TPSA) is 56.7 Å². The first-order valence-corrected chi connectivity index (χ1v) is 8.58. The van der Waals surface area contributed by atoms with Crippen LogP contribution in [-0.2, 0) is 19.5 Å². The number of aryl methyl sites for hydroxylation is 1. The molecule has 21 heavy (non-hydrogen) atoms. The van der Waals surface area contributed by atoms with Crippen molar-refractivity contribution in [1.29, 1.82) is 0 Å². The number of aromatic nitrogens is 3. The summed E-state index contributed by atoms with van der Waals surface area (Å²) in [7, 11) is 0. The van der Waals surface area contributed by atoms with E-state index in [0.717, 1.165) is 42.4 Å². The summed E-state index contributed by atoms with van der Waals surface area (Å²) in [5, 5.41) is 9.22. The highest BCUT2D eigenvalue weighted by atomic mass is 79.9. The molecule has 112 valence electrons. The molecule has 2 aromatic rings. The average Bonchev–Trinajstić information content (AvgIpc) is 2.72. The maximum absolute atomic E-state index is 14.4. The summed E-state index contributed by atoms with van der Waals surface area (Å²) in [5.41, 5.74) is 6.35. The normalized spacial score (nSPS) is 14.8. The van der Waals surface area contributed by atoms with Crippen LogP contribution in [0.25, 0.3) is 0 Å². The predicted molar refractivity (Wildman–Crippen MR) is 83.7 cm³/mol. The molecule has 0 aliphatic carbocycles. The Morgan fingerprint density at radius 3 is 2.95 bits per heavy atom. The molecular weight excluding hydrogens is 355 g/mol. The Hall–Kier alpha value is -0.920. The lowest BCUT2D eigenvalue weighted by molar-refractivity contribution is 0.582. The van der Waals surface area contributed by atoms with Gasteiger partial charge < -0.3 is 10.3 Å². The molecule has 0 radical (unpaired) electrons. The third kappa shape index (κ3) is 3.00. The van der Waals surface area contributed by atoms with E-state index < -0.39 is 0 Å². The summed E-state index contributed by atoms with van der Waals surface area (Å²) < 4.78 is 16.9. The zero-order chi connectivity index (χ0) is 14.8. The van der Waals surface area contributed by atoms with Crippen molar-refractivity contribution in [3.63, 3.8) is 0 Å². The lowest BCUT2D eigenvalue weighted by Crippen LogP contribution is -2.03. The minimum Gasteiger partial charge on any atom is -0.326 e. The van der Waals surface area contributed by atoms with Gasteiger partial charge in [-0.1, -0.05) is 12.5 Å². The van der Waals surface area contributed by atoms with Crippen LogP contribution in [0.4, 0.5) is 4.39 Å². The maximum atomic E-state index is 14.4. The monoisotopic (exact) mass is 370 g/mol. The van der Waals surface area contributed by atoms with Crippen molar-refractivity contribution < 1.29 is 4.39 Å². The van der Waals surface area contributed by atoms with Gasteiger partial charge >= 0.3 is 0 Å². The minimum absolute atomic E-state index is 0.283. The molecule has 0 fully saturated rings. The van der Waals surface area contributed by atoms with Crippen molar-refractivity contribution in [2.45, 2.75) is 48.8 Å². The molecule has 1 aromatic carbocycles. The fraction of sp³-hybridized carbons (Fsp3) is 0.429. The number of fused-ring (bicyclic) bond motifs is 1. The Morgan fingerprint density at radius 1 is 1.29 bits per heavy atom. The number of benzene rings is 1. The molecule has 4 nitrogen and oxygen atoms in total. The van der Waals surface area contributed by atoms with E-state index in [1.807, 2.05) is 6.07 Å². The Balaban J connectivity index is 1.91. The van der Waals surface area contributed by atoms with Crippen LogP contribution in [0.3, 0.4) is 0 Å². The van der Waals surface area contributed by atoms with E-state index in [1.165, 1.54) is 18.2 Å². The second-order valence-corrected chi connectivity index (χ2v) is 6.82. The molecule has 3 rings (SSSR count). The average molecular weight is 371 g/mol. The van der Waals surface area contributed by atoms with E-state index in [2.05, 4.69) is 30.7 Å². The molecule has 0 spiro atoms. The van der Waals surface area contributed by atoms with E-state index in [4.69, 9.17) is 5.73 Å². The second-order valence-electron chi connectivity index (χ2n) is 5.02. The van der Waals surface area contributed by atoms with Gasteiger partial charge in [-0.25, -0.2) is 4.39 Å². The summed E-state index contributed by atoms with van der Waals surface area (Å²) in [6.45, 7) is 1.22. The van der Waals surface area contributed by atoms with Gasteiger partial charge in [0, 0.05) is 19.5 Å². The van der Waals surface area contributed by atoms with E-state index in [0.29, 0.717) is 15.9 Å². The van der Waals surface area contributed by atoms with Crippen LogP contribution in [0.1, 0.15) is 30.7 Å². The van der Waals surface area contributed by atoms with Crippen LogP contribution in [0.2, 0.25) is 0 Å². The molecule has 0 atom stereocenters. The lowest BCUT2D eigenvalue weighted by atomic mass is 10.2. The van der Waals surface area contributed by atoms with Gasteiger partial charge in [0.05, 0.1) is 9.37 Å². The Labute approximate surface area is 135 Å². The Bertz CT molecular complexity index is 659. The molecule has 0 saturated carbocycles. The van der Waals surface area contributed by atoms with Crippen molar-refractivity contribution in [3.05, 3.63) is 33.8 Å². The van der Waals surface area contributed by atoms with Crippen LogP contribution < -0.4 is 5.73 Å². The van der Waals surface area contributed by atoms with Crippen LogP contribution in [0.5, 0.6) is 0 Å². The number of hydrogen-bond donors (Lipinski definition) is 1. The van der Waals surface area contributed by atoms with Crippen molar-refractivity contribution in [3.8, 4) is 0 Å². The highest BCUT2D eigenvalue weighted by Crippen LogP contribution is 2.34. The molecule has 1 aromatic heterocycles. The third-order valence-corrected chi connectivity index (χ3v) is 5.50. The fourth-order valence-corrected chi connectivity index (χ4v) is 3.99. The molecule has 0 saturated heterocycles. The first-order chi connectivity index (χ1) is 10.2. The summed E-state index contributed by atoms with van der Waals surface area (Å²) >= 11 is 4.59. The predicted octanol–water partition coefficient (Wildman–Crippen LogP) is 3.52. The number of rotatable bonds is 3. The lowest BCUT2D eigenvalue weighted by Gasteiger charge is -2.09. The van der Waals surface area contributed by atoms with Gasteiger partial charge in [0.2, 0.25) is 0 Å². The van der Waals surface area contributed by atoms with Crippen molar-refractivity contribution in [2.75, 3.05) is 0 Å². The quantitative estimate of drug-likeness (QED) is 0.897. The molecule has 2 N–H and O–H groups in total. The zero-order valence-corrected chi connectivity index (χ0v) is 13.9. The summed E-state index contributed by atoms with van der Waals surface area (Å²) in [6.07, 6.45) is 4.43. The van der Waals surface area contributed by atoms with Gasteiger partial charge in [0.15, 0.2) is 11.0 Å². The highest BCUT2D eigenvalue weighted by Gasteiger charge is 2.18. The van der Waals surface area contributed by atoms with Gasteiger partial charge in [-0.05, 0) is 52.2 Å². The highest BCUT2D eigenvalue weighted by molar-refractivity contribution is 9.10. The number of nitrogens with two attached hydrogens (primary N) is 1. The van der Waals surface area contributed by atoms with Crippen LogP contribution >= 0.6 is 27.7 Å². The van der Waals surface area contributed by atoms with Gasteiger partial charge in [0.1, 0.15) is 5.82 Å². The van der Waals surface area contributed by atoms with Gasteiger partial charge in [-0.15, -0.1) is 10.2 Å². The fourth-order valence-electron chi connectivity index (χ4n) is 2.44. The first-order valence-electron chi connectivity index (χ1n) is 6.97. The molecule has 0 bridgehead atoms. The smallest absolute Gasteiger partial charge is 0.196 e. The minimum atomic E-state index is -0.283. The van der Waals surface area contributed by atoms with Gasteiger partial charge in [-0.3, -0.25) is 0 Å². The summed E-state index contributed by atoms with van der Waals surface area (Å²) in [4.78, 5) is 0.540. The van der Waals surface area contributed by atoms with Crippen molar-refractivity contribution in [2.24, 2.45) is 5.73 Å². The van der Waals surface area contributed by atoms with Crippen molar-refractivity contribution >= 4 is 27.7 Å². The molecule has 2 heterocycles. The molecule has 0 unspecified atom stereocenters. The molecular formula is C14H16BrFN4S. The number of halogens is 2. The van der Waals surface area contributed by atoms with E-state index in [1.54, 1.807) is 6.07 Å². The Kier molecular flexibility index (Phi) is 4.61. The largest absolute Gasteiger partial charge is 0.326 e. The summed E-state index contributed by atoms with van der Waals surface area (Å²) in [6, 6.07) is 3.60. The Morgan fingerprint density at radius 2 is 2.14 bits per heavy atom. The third-order valence-electron chi connectivity index (χ3n) is 3.62. The number of hydrogen-bond acceptors (Lipinski definition) is 4. The molecule has 1 aliphatic heterocycles. The maximum Gasteiger partial charge on any atom is 0.196 e. The van der Waals surface area contributed by atoms with Crippen LogP contribution in [0.15, 0.2) is 26.7 Å². The zero-order valence-electron chi connectivity index (χ0n) is 11.5. The van der Waals surface area contributed by atoms with E-state index in [-0.39, 0.29) is 5.82 Å². The molecule has 7 heteroatoms. The standard InChI is InChI=1S/C14H16BrFN4S/c15-12-9(8-17)5-6-10(13(12)16)21-14-19-18-11-4-2-1-3-7-20(11)14/h5-6H,1-4,7-8,17H2. The van der Waals surface area contributed by atoms with Gasteiger partial charge in [0.25, 0.3) is 0 Å². The van der Waals surface area contributed by atoms with E-state index in [9.17, 15) is 4.39 Å². The van der Waals surface area contributed by atoms with Gasteiger partial charge in [-0.2, -0.15) is 0 Å². The molecule has 0 amide bonds. The van der Waals surface area contributed by atoms with Crippen molar-refractivity contribution in [1.82, 2.24) is 14.8 Å². The molecule has 1 aliphatic rings. The number of nitrogens with zero attached hydrogens (tertiary/aromatic N) is 3. The van der Waals surface area contributed by atoms with E-state index >= 15 is 0 Å². The first kappa shape index (κ1) is 15.0. The summed E-state index contributed by atoms with van der Waals surface area (Å²) in [5.74, 6) is 0.724. The second kappa shape index (κ2) is 6.46. The van der Waals surface area contributed by atoms with Crippen LogP contribution in [0, 0.1) is 5.82 Å².